The number of para-hydroxylation sites is 1. The largest absolute Gasteiger partial charge is 0.492 e. The normalized spacial score (nSPS) is 10.2. The Morgan fingerprint density at radius 1 is 1.24 bits per heavy atom. The highest BCUT2D eigenvalue weighted by Gasteiger charge is 2.06. The number of nitrogens with one attached hydrogen (secondary N) is 1. The Morgan fingerprint density at radius 3 is 2.57 bits per heavy atom. The highest BCUT2D eigenvalue weighted by molar-refractivity contribution is 6.33. The van der Waals surface area contributed by atoms with E-state index in [0.29, 0.717) is 17.3 Å². The van der Waals surface area contributed by atoms with E-state index in [-0.39, 0.29) is 18.0 Å². The van der Waals surface area contributed by atoms with Crippen LogP contribution in [0.25, 0.3) is 0 Å². The maximum atomic E-state index is 13.5. The molecule has 0 fully saturated rings. The highest BCUT2D eigenvalue weighted by atomic mass is 35.5. The number of rotatable bonds is 6. The summed E-state index contributed by atoms with van der Waals surface area (Å²) in [5.41, 5.74) is 0.227. The van der Waals surface area contributed by atoms with Gasteiger partial charge in [-0.25, -0.2) is 4.39 Å². The van der Waals surface area contributed by atoms with Crippen LogP contribution in [0.2, 0.25) is 5.02 Å². The summed E-state index contributed by atoms with van der Waals surface area (Å²) in [5.74, 6) is 0.0693. The van der Waals surface area contributed by atoms with Gasteiger partial charge in [0.25, 0.3) is 5.69 Å². The first-order chi connectivity index (χ1) is 10.1. The number of hydrogen-bond donors (Lipinski definition) is 1. The van der Waals surface area contributed by atoms with Gasteiger partial charge < -0.3 is 10.1 Å². The van der Waals surface area contributed by atoms with Gasteiger partial charge in [0.15, 0.2) is 0 Å². The molecule has 0 saturated carbocycles. The van der Waals surface area contributed by atoms with E-state index in [1.54, 1.807) is 6.07 Å². The minimum absolute atomic E-state index is 0.00128. The monoisotopic (exact) mass is 310 g/mol. The van der Waals surface area contributed by atoms with E-state index in [4.69, 9.17) is 16.3 Å². The lowest BCUT2D eigenvalue weighted by atomic mass is 10.3. The van der Waals surface area contributed by atoms with Crippen molar-refractivity contribution in [1.29, 1.82) is 0 Å². The molecule has 1 N–H and O–H groups in total. The van der Waals surface area contributed by atoms with Crippen LogP contribution in [-0.4, -0.2) is 18.1 Å². The van der Waals surface area contributed by atoms with E-state index >= 15 is 0 Å². The Morgan fingerprint density at radius 2 is 1.95 bits per heavy atom. The van der Waals surface area contributed by atoms with Crippen molar-refractivity contribution >= 4 is 23.0 Å². The lowest BCUT2D eigenvalue weighted by molar-refractivity contribution is -0.384. The number of hydrogen-bond acceptors (Lipinski definition) is 4. The van der Waals surface area contributed by atoms with Crippen molar-refractivity contribution in [2.24, 2.45) is 0 Å². The summed E-state index contributed by atoms with van der Waals surface area (Å²) in [6.07, 6.45) is 0. The van der Waals surface area contributed by atoms with Crippen LogP contribution in [0, 0.1) is 15.9 Å². The molecule has 0 amide bonds. The first-order valence-corrected chi connectivity index (χ1v) is 6.51. The number of nitro benzene ring substituents is 1. The predicted molar refractivity (Wildman–Crippen MR) is 78.5 cm³/mol. The fourth-order valence-electron chi connectivity index (χ4n) is 1.68. The van der Waals surface area contributed by atoms with Gasteiger partial charge in [0.05, 0.1) is 15.6 Å². The molecule has 7 heteroatoms. The minimum Gasteiger partial charge on any atom is -0.492 e. The molecule has 110 valence electrons. The zero-order valence-electron chi connectivity index (χ0n) is 10.9. The highest BCUT2D eigenvalue weighted by Crippen LogP contribution is 2.24. The van der Waals surface area contributed by atoms with Gasteiger partial charge in [-0.15, -0.1) is 0 Å². The van der Waals surface area contributed by atoms with Gasteiger partial charge in [0.1, 0.15) is 18.2 Å². The Labute approximate surface area is 125 Å². The van der Waals surface area contributed by atoms with Crippen LogP contribution in [0.15, 0.2) is 42.5 Å². The van der Waals surface area contributed by atoms with E-state index < -0.39 is 10.7 Å². The van der Waals surface area contributed by atoms with Crippen LogP contribution < -0.4 is 10.1 Å². The number of non-ortho nitro benzene ring substituents is 1. The third-order valence-corrected chi connectivity index (χ3v) is 3.00. The number of anilines is 1. The molecule has 0 radical (unpaired) electrons. The predicted octanol–water partition coefficient (Wildman–Crippen LogP) is 3.88. The Kier molecular flexibility index (Phi) is 4.94. The molecule has 0 aromatic heterocycles. The molecule has 21 heavy (non-hydrogen) atoms. The Hall–Kier alpha value is -2.34. The molecule has 0 aliphatic rings. The van der Waals surface area contributed by atoms with Crippen molar-refractivity contribution in [3.8, 4) is 5.75 Å². The molecule has 2 aromatic rings. The first kappa shape index (κ1) is 15.1. The second kappa shape index (κ2) is 6.90. The molecule has 0 spiro atoms. The average molecular weight is 311 g/mol. The van der Waals surface area contributed by atoms with Gasteiger partial charge in [-0.05, 0) is 24.3 Å². The second-order valence-corrected chi connectivity index (χ2v) is 4.53. The maximum Gasteiger partial charge on any atom is 0.269 e. The average Bonchev–Trinajstić information content (AvgIpc) is 2.46. The first-order valence-electron chi connectivity index (χ1n) is 6.13. The van der Waals surface area contributed by atoms with Crippen molar-refractivity contribution in [1.82, 2.24) is 0 Å². The second-order valence-electron chi connectivity index (χ2n) is 4.12. The van der Waals surface area contributed by atoms with Crippen molar-refractivity contribution in [3.63, 3.8) is 0 Å². The summed E-state index contributed by atoms with van der Waals surface area (Å²) in [6, 6.07) is 10.2. The van der Waals surface area contributed by atoms with Gasteiger partial charge in [0, 0.05) is 18.7 Å². The summed E-state index contributed by atoms with van der Waals surface area (Å²) >= 11 is 5.87. The summed E-state index contributed by atoms with van der Waals surface area (Å²) in [5, 5.41) is 13.6. The van der Waals surface area contributed by atoms with Crippen LogP contribution in [0.5, 0.6) is 5.75 Å². The van der Waals surface area contributed by atoms with E-state index in [9.17, 15) is 14.5 Å². The molecule has 0 saturated heterocycles. The number of ether oxygens (including phenoxy) is 1. The summed E-state index contributed by atoms with van der Waals surface area (Å²) in [7, 11) is 0. The zero-order chi connectivity index (χ0) is 15.2. The maximum absolute atomic E-state index is 13.5. The van der Waals surface area contributed by atoms with Crippen molar-refractivity contribution < 1.29 is 14.1 Å². The standard InChI is InChI=1S/C14H12ClFN2O3/c15-12-2-1-3-13(16)14(12)17-8-9-21-11-6-4-10(5-7-11)18(19)20/h1-7,17H,8-9H2. The number of halogens is 2. The van der Waals surface area contributed by atoms with Crippen LogP contribution >= 0.6 is 11.6 Å². The van der Waals surface area contributed by atoms with E-state index in [2.05, 4.69) is 5.32 Å². The fourth-order valence-corrected chi connectivity index (χ4v) is 1.91. The fraction of sp³-hybridized carbons (Fsp3) is 0.143. The van der Waals surface area contributed by atoms with Gasteiger partial charge in [-0.2, -0.15) is 0 Å². The molecule has 0 atom stereocenters. The van der Waals surface area contributed by atoms with Crippen LogP contribution in [0.3, 0.4) is 0 Å². The molecule has 0 unspecified atom stereocenters. The smallest absolute Gasteiger partial charge is 0.269 e. The Balaban J connectivity index is 1.83. The van der Waals surface area contributed by atoms with Crippen molar-refractivity contribution in [3.05, 3.63) is 63.4 Å². The topological polar surface area (TPSA) is 64.4 Å². The van der Waals surface area contributed by atoms with E-state index in [1.165, 1.54) is 36.4 Å². The minimum atomic E-state index is -0.481. The van der Waals surface area contributed by atoms with Gasteiger partial charge in [-0.3, -0.25) is 10.1 Å². The third kappa shape index (κ3) is 4.06. The molecule has 0 bridgehead atoms. The Bertz CT molecular complexity index is 614. The van der Waals surface area contributed by atoms with Crippen LogP contribution in [-0.2, 0) is 0 Å². The van der Waals surface area contributed by atoms with Crippen molar-refractivity contribution in [2.45, 2.75) is 0 Å². The van der Waals surface area contributed by atoms with Gasteiger partial charge in [0.2, 0.25) is 0 Å². The van der Waals surface area contributed by atoms with E-state index in [1.807, 2.05) is 0 Å². The lowest BCUT2D eigenvalue weighted by Crippen LogP contribution is -2.12. The summed E-state index contributed by atoms with van der Waals surface area (Å²) in [4.78, 5) is 10.0. The van der Waals surface area contributed by atoms with Gasteiger partial charge in [-0.1, -0.05) is 17.7 Å². The summed E-state index contributed by atoms with van der Waals surface area (Å²) in [6.45, 7) is 0.611. The molecular formula is C14H12ClFN2O3. The SMILES string of the molecule is O=[N+]([O-])c1ccc(OCCNc2c(F)cccc2Cl)cc1. The molecule has 0 heterocycles. The van der Waals surface area contributed by atoms with E-state index in [0.717, 1.165) is 0 Å². The van der Waals surface area contributed by atoms with Crippen molar-refractivity contribution in [2.75, 3.05) is 18.5 Å². The lowest BCUT2D eigenvalue weighted by Gasteiger charge is -2.10. The molecule has 2 rings (SSSR count). The molecule has 2 aromatic carbocycles. The molecule has 0 aliphatic carbocycles. The van der Waals surface area contributed by atoms with Gasteiger partial charge >= 0.3 is 0 Å². The molecular weight excluding hydrogens is 299 g/mol. The molecule has 5 nitrogen and oxygen atoms in total. The summed E-state index contributed by atoms with van der Waals surface area (Å²) < 4.78 is 18.9. The number of benzene rings is 2. The zero-order valence-corrected chi connectivity index (χ0v) is 11.6. The quantitative estimate of drug-likeness (QED) is 0.499. The number of nitrogens with zero attached hydrogens (tertiary/aromatic N) is 1. The van der Waals surface area contributed by atoms with Crippen LogP contribution in [0.4, 0.5) is 15.8 Å². The number of nitro groups is 1. The van der Waals surface area contributed by atoms with Crippen LogP contribution in [0.1, 0.15) is 0 Å². The molecule has 0 aliphatic heterocycles. The third-order valence-electron chi connectivity index (χ3n) is 2.68.